The van der Waals surface area contributed by atoms with Crippen LogP contribution in [0.2, 0.25) is 0 Å². The van der Waals surface area contributed by atoms with E-state index in [9.17, 15) is 0 Å². The molecule has 1 nitrogen and oxygen atoms in total. The Morgan fingerprint density at radius 3 is 2.52 bits per heavy atom. The van der Waals surface area contributed by atoms with E-state index in [2.05, 4.69) is 55.6 Å². The molecule has 0 N–H and O–H groups in total. The molecule has 2 unspecified atom stereocenters. The largest absolute Gasteiger partial charge is 0.247 e. The van der Waals surface area contributed by atoms with Gasteiger partial charge in [0.1, 0.15) is 0 Å². The van der Waals surface area contributed by atoms with Crippen molar-refractivity contribution in [3.8, 4) is 11.3 Å². The van der Waals surface area contributed by atoms with Crippen molar-refractivity contribution < 1.29 is 0 Å². The van der Waals surface area contributed by atoms with Crippen molar-refractivity contribution >= 4 is 23.6 Å². The Morgan fingerprint density at radius 2 is 1.76 bits per heavy atom. The molecule has 1 heterocycles. The lowest BCUT2D eigenvalue weighted by Crippen LogP contribution is -2.23. The van der Waals surface area contributed by atoms with E-state index < -0.39 is 0 Å². The summed E-state index contributed by atoms with van der Waals surface area (Å²) >= 11 is 0. The van der Waals surface area contributed by atoms with Gasteiger partial charge in [0.2, 0.25) is 0 Å². The number of nitrogens with zero attached hydrogens (tertiary/aromatic N) is 1. The molecule has 2 aliphatic rings. The first-order valence-electron chi connectivity index (χ1n) is 9.11. The molecule has 122 valence electrons. The molecule has 5 rings (SSSR count). The molecule has 0 radical (unpaired) electrons. The van der Waals surface area contributed by atoms with Crippen molar-refractivity contribution in [3.63, 3.8) is 0 Å². The number of aromatic nitrogens is 1. The summed E-state index contributed by atoms with van der Waals surface area (Å²) < 4.78 is 0. The van der Waals surface area contributed by atoms with E-state index in [0.717, 1.165) is 16.0 Å². The number of pyridine rings is 1. The molecule has 2 atom stereocenters. The lowest BCUT2D eigenvalue weighted by molar-refractivity contribution is 0.720. The average molecular weight is 323 g/mol. The van der Waals surface area contributed by atoms with Crippen LogP contribution in [0, 0.1) is 0 Å². The molecule has 0 spiro atoms. The Hall–Kier alpha value is -2.67. The second-order valence-corrected chi connectivity index (χ2v) is 7.33. The Bertz CT molecular complexity index is 1110. The molecule has 2 aromatic carbocycles. The molecule has 1 aromatic heterocycles. The Morgan fingerprint density at radius 1 is 1.00 bits per heavy atom. The van der Waals surface area contributed by atoms with Crippen molar-refractivity contribution in [2.24, 2.45) is 0 Å². The van der Waals surface area contributed by atoms with E-state index in [1.807, 2.05) is 12.2 Å². The average Bonchev–Trinajstić information content (AvgIpc) is 3.25. The van der Waals surface area contributed by atoms with Gasteiger partial charge in [-0.25, -0.2) is 4.98 Å². The van der Waals surface area contributed by atoms with Gasteiger partial charge in [-0.3, -0.25) is 0 Å². The third-order valence-corrected chi connectivity index (χ3v) is 5.92. The number of hydrogen-bond acceptors (Lipinski definition) is 1. The highest BCUT2D eigenvalue weighted by Crippen LogP contribution is 2.56. The highest BCUT2D eigenvalue weighted by Gasteiger charge is 2.40. The summed E-state index contributed by atoms with van der Waals surface area (Å²) in [4.78, 5) is 5.12. The first-order chi connectivity index (χ1) is 12.3. The predicted molar refractivity (Wildman–Crippen MR) is 106 cm³/mol. The zero-order valence-electron chi connectivity index (χ0n) is 14.3. The van der Waals surface area contributed by atoms with Crippen LogP contribution in [0.15, 0.2) is 55.1 Å². The zero-order chi connectivity index (χ0) is 17.0. The van der Waals surface area contributed by atoms with Gasteiger partial charge in [0.15, 0.2) is 0 Å². The predicted octanol–water partition coefficient (Wildman–Crippen LogP) is 4.64. The fraction of sp³-hybridized carbons (Fsp3) is 0.208. The van der Waals surface area contributed by atoms with Gasteiger partial charge >= 0.3 is 0 Å². The molecule has 1 fully saturated rings. The van der Waals surface area contributed by atoms with Gasteiger partial charge in [-0.2, -0.15) is 0 Å². The van der Waals surface area contributed by atoms with E-state index in [1.54, 1.807) is 5.56 Å². The van der Waals surface area contributed by atoms with Gasteiger partial charge in [0.05, 0.1) is 11.2 Å². The second-order valence-electron chi connectivity index (χ2n) is 7.33. The molecule has 0 saturated heterocycles. The molecule has 0 amide bonds. The smallest absolute Gasteiger partial charge is 0.0747 e. The maximum Gasteiger partial charge on any atom is 0.0747 e. The minimum absolute atomic E-state index is 0.679. The lowest BCUT2D eigenvalue weighted by atomic mass is 9.86. The van der Waals surface area contributed by atoms with Crippen LogP contribution >= 0.6 is 0 Å². The van der Waals surface area contributed by atoms with Gasteiger partial charge in [-0.1, -0.05) is 55.6 Å². The summed E-state index contributed by atoms with van der Waals surface area (Å²) in [5, 5.41) is 3.49. The maximum atomic E-state index is 5.12. The number of hydrogen-bond donors (Lipinski definition) is 0. The van der Waals surface area contributed by atoms with Crippen molar-refractivity contribution in [1.29, 1.82) is 0 Å². The second kappa shape index (κ2) is 5.42. The quantitative estimate of drug-likeness (QED) is 0.669. The first-order valence-corrected chi connectivity index (χ1v) is 9.11. The van der Waals surface area contributed by atoms with Gasteiger partial charge in [-0.15, -0.1) is 0 Å². The summed E-state index contributed by atoms with van der Waals surface area (Å²) in [5.41, 5.74) is 6.57. The van der Waals surface area contributed by atoms with Gasteiger partial charge in [0, 0.05) is 10.9 Å². The number of fused-ring (bicyclic) bond motifs is 7. The van der Waals surface area contributed by atoms with Crippen molar-refractivity contribution in [2.45, 2.75) is 31.1 Å². The van der Waals surface area contributed by atoms with Crippen LogP contribution in [-0.2, 0) is 0 Å². The van der Waals surface area contributed by atoms with Crippen LogP contribution in [0.4, 0.5) is 0 Å². The monoisotopic (exact) mass is 323 g/mol. The van der Waals surface area contributed by atoms with E-state index in [-0.39, 0.29) is 0 Å². The molecule has 2 aliphatic carbocycles. The van der Waals surface area contributed by atoms with Crippen molar-refractivity contribution in [2.75, 3.05) is 0 Å². The molecule has 3 aromatic rings. The van der Waals surface area contributed by atoms with Crippen LogP contribution in [0.3, 0.4) is 0 Å². The summed E-state index contributed by atoms with van der Waals surface area (Å²) in [5.74, 6) is 1.37. The fourth-order valence-electron chi connectivity index (χ4n) is 4.87. The standard InChI is InChI=1S/C24H21N/c1-3-7-17-14-20-21(12-15(17)2)25-24(16-8-5-4-6-9-16)23-19-11-10-18(13-19)22(20)23/h3-9,12,14,18-19H,1-2,10-11,13H2/b17-7-. The van der Waals surface area contributed by atoms with Crippen LogP contribution in [0.25, 0.3) is 34.8 Å². The first kappa shape index (κ1) is 14.7. The minimum Gasteiger partial charge on any atom is -0.247 e. The minimum atomic E-state index is 0.679. The third-order valence-electron chi connectivity index (χ3n) is 5.92. The maximum absolute atomic E-state index is 5.12. The molecule has 0 aliphatic heterocycles. The SMILES string of the molecule is C=C/C=c1/cc2c3c(c(-c4ccccc4)nc2cc1=C)C1CCC3C1. The molecule has 2 bridgehead atoms. The zero-order valence-corrected chi connectivity index (χ0v) is 14.3. The van der Waals surface area contributed by atoms with Gasteiger partial charge in [-0.05, 0) is 64.8 Å². The molecule has 1 saturated carbocycles. The topological polar surface area (TPSA) is 12.9 Å². The van der Waals surface area contributed by atoms with Crippen molar-refractivity contribution in [1.82, 2.24) is 4.98 Å². The molecule has 1 heteroatoms. The number of allylic oxidation sites excluding steroid dienone is 1. The highest BCUT2D eigenvalue weighted by molar-refractivity contribution is 5.89. The number of benzene rings is 2. The lowest BCUT2D eigenvalue weighted by Gasteiger charge is -2.21. The Balaban J connectivity index is 1.91. The summed E-state index contributed by atoms with van der Waals surface area (Å²) in [6.45, 7) is 8.06. The van der Waals surface area contributed by atoms with Crippen LogP contribution in [-0.4, -0.2) is 4.98 Å². The summed E-state index contributed by atoms with van der Waals surface area (Å²) in [6, 6.07) is 15.1. The highest BCUT2D eigenvalue weighted by atomic mass is 14.7. The van der Waals surface area contributed by atoms with Gasteiger partial charge < -0.3 is 0 Å². The van der Waals surface area contributed by atoms with E-state index in [4.69, 9.17) is 4.98 Å². The van der Waals surface area contributed by atoms with E-state index in [0.29, 0.717) is 11.8 Å². The van der Waals surface area contributed by atoms with Gasteiger partial charge in [0.25, 0.3) is 0 Å². The molecular formula is C24H21N. The summed E-state index contributed by atoms with van der Waals surface area (Å²) in [6.07, 6.45) is 7.81. The van der Waals surface area contributed by atoms with Crippen LogP contribution < -0.4 is 10.4 Å². The van der Waals surface area contributed by atoms with E-state index >= 15 is 0 Å². The van der Waals surface area contributed by atoms with E-state index in [1.165, 1.54) is 41.5 Å². The normalized spacial score (nSPS) is 21.7. The Labute approximate surface area is 148 Å². The van der Waals surface area contributed by atoms with Crippen molar-refractivity contribution in [3.05, 3.63) is 76.7 Å². The molecular weight excluding hydrogens is 302 g/mol. The Kier molecular flexibility index (Phi) is 3.18. The van der Waals surface area contributed by atoms with Crippen LogP contribution in [0.5, 0.6) is 0 Å². The van der Waals surface area contributed by atoms with Crippen LogP contribution in [0.1, 0.15) is 42.2 Å². The third kappa shape index (κ3) is 2.12. The number of rotatable bonds is 2. The fourth-order valence-corrected chi connectivity index (χ4v) is 4.87. The summed E-state index contributed by atoms with van der Waals surface area (Å²) in [7, 11) is 0. The molecule has 25 heavy (non-hydrogen) atoms.